The van der Waals surface area contributed by atoms with Gasteiger partial charge in [-0.2, -0.15) is 0 Å². The van der Waals surface area contributed by atoms with Crippen LogP contribution in [0.15, 0.2) is 77.8 Å². The number of aliphatic hydroxyl groups excluding tert-OH is 1. The molecule has 1 atom stereocenters. The lowest BCUT2D eigenvalue weighted by Crippen LogP contribution is -2.05. The first-order chi connectivity index (χ1) is 18.2. The van der Waals surface area contributed by atoms with E-state index in [0.29, 0.717) is 5.92 Å². The van der Waals surface area contributed by atoms with Crippen molar-refractivity contribution in [1.82, 2.24) is 5.32 Å². The molecule has 226 valence electrons. The topological polar surface area (TPSA) is 73.0 Å². The Hall–Kier alpha value is -2.40. The number of unbranched alkanes of at least 4 members (excludes halogenated alkanes) is 1. The fourth-order valence-electron chi connectivity index (χ4n) is 3.80. The minimum atomic E-state index is 0. The first-order valence-electron chi connectivity index (χ1n) is 14.5. The molecule has 1 aromatic rings. The minimum Gasteiger partial charge on any atom is -0.461 e. The quantitative estimate of drug-likeness (QED) is 0.215. The normalized spacial score (nSPS) is 12.3. The second kappa shape index (κ2) is 28.6. The van der Waals surface area contributed by atoms with E-state index in [4.69, 9.17) is 9.84 Å². The molecular weight excluding hydrogens is 482 g/mol. The first-order valence-corrected chi connectivity index (χ1v) is 14.5. The third-order valence-electron chi connectivity index (χ3n) is 5.76. The van der Waals surface area contributed by atoms with Gasteiger partial charge in [0.15, 0.2) is 0 Å². The van der Waals surface area contributed by atoms with E-state index >= 15 is 0 Å². The molecule has 1 aromatic carbocycles. The monoisotopic (exact) mass is 545 g/mol. The maximum Gasteiger partial charge on any atom is 0.126 e. The molecule has 0 saturated carbocycles. The fourth-order valence-corrected chi connectivity index (χ4v) is 3.80. The van der Waals surface area contributed by atoms with Crippen molar-refractivity contribution in [2.24, 2.45) is 5.92 Å². The summed E-state index contributed by atoms with van der Waals surface area (Å²) in [6.45, 7) is 30.0. The van der Waals surface area contributed by atoms with Gasteiger partial charge < -0.3 is 20.6 Å². The van der Waals surface area contributed by atoms with Gasteiger partial charge >= 0.3 is 0 Å². The number of benzene rings is 1. The lowest BCUT2D eigenvalue weighted by atomic mass is 9.96. The van der Waals surface area contributed by atoms with Gasteiger partial charge in [-0.1, -0.05) is 115 Å². The SMILES string of the molecule is C=C/C(=C\C(=C)C(C)CCCC)OC1=C(C)C=C(CC)C1.CC.CC.CNCc1cc(C)cc(C)c1.CO.O. The van der Waals surface area contributed by atoms with E-state index in [1.54, 1.807) is 6.08 Å². The summed E-state index contributed by atoms with van der Waals surface area (Å²) in [4.78, 5) is 0. The van der Waals surface area contributed by atoms with Crippen molar-refractivity contribution in [3.05, 3.63) is 94.5 Å². The second-order valence-electron chi connectivity index (χ2n) is 8.94. The van der Waals surface area contributed by atoms with Crippen molar-refractivity contribution in [2.75, 3.05) is 14.2 Å². The number of hydrogen-bond donors (Lipinski definition) is 2. The predicted molar refractivity (Wildman–Crippen MR) is 176 cm³/mol. The molecule has 0 saturated heterocycles. The molecule has 0 heterocycles. The zero-order valence-corrected chi connectivity index (χ0v) is 27.6. The zero-order chi connectivity index (χ0) is 30.1. The van der Waals surface area contributed by atoms with Crippen LogP contribution in [0.1, 0.15) is 104 Å². The van der Waals surface area contributed by atoms with Gasteiger partial charge in [-0.25, -0.2) is 0 Å². The zero-order valence-electron chi connectivity index (χ0n) is 27.6. The second-order valence-corrected chi connectivity index (χ2v) is 8.94. The number of hydrogen-bond acceptors (Lipinski definition) is 3. The highest BCUT2D eigenvalue weighted by molar-refractivity contribution is 5.37. The van der Waals surface area contributed by atoms with Gasteiger partial charge in [0.05, 0.1) is 0 Å². The number of aliphatic hydroxyl groups is 1. The molecule has 2 rings (SSSR count). The molecule has 1 aliphatic carbocycles. The molecule has 4 heteroatoms. The largest absolute Gasteiger partial charge is 0.461 e. The highest BCUT2D eigenvalue weighted by Crippen LogP contribution is 2.30. The van der Waals surface area contributed by atoms with Crippen LogP contribution in [0.25, 0.3) is 0 Å². The predicted octanol–water partition coefficient (Wildman–Crippen LogP) is 9.33. The van der Waals surface area contributed by atoms with Crippen molar-refractivity contribution in [2.45, 2.75) is 108 Å². The summed E-state index contributed by atoms with van der Waals surface area (Å²) in [5.41, 5.74) is 7.83. The molecule has 1 aliphatic rings. The van der Waals surface area contributed by atoms with Crippen molar-refractivity contribution in [3.63, 3.8) is 0 Å². The van der Waals surface area contributed by atoms with Crippen LogP contribution in [-0.2, 0) is 11.3 Å². The number of aryl methyl sites for hydroxylation is 2. The van der Waals surface area contributed by atoms with Crippen LogP contribution < -0.4 is 5.32 Å². The molecular formula is C35H63NO3. The lowest BCUT2D eigenvalue weighted by Gasteiger charge is -2.14. The summed E-state index contributed by atoms with van der Waals surface area (Å²) in [5.74, 6) is 2.35. The third kappa shape index (κ3) is 20.2. The highest BCUT2D eigenvalue weighted by Gasteiger charge is 2.14. The Kier molecular flexibility index (Phi) is 32.0. The molecule has 0 amide bonds. The minimum absolute atomic E-state index is 0. The number of ether oxygens (including phenoxy) is 1. The summed E-state index contributed by atoms with van der Waals surface area (Å²) >= 11 is 0. The van der Waals surface area contributed by atoms with Crippen LogP contribution in [0, 0.1) is 19.8 Å². The van der Waals surface area contributed by atoms with E-state index in [0.717, 1.165) is 43.6 Å². The van der Waals surface area contributed by atoms with E-state index in [1.807, 2.05) is 40.8 Å². The average Bonchev–Trinajstić information content (AvgIpc) is 3.29. The van der Waals surface area contributed by atoms with Crippen LogP contribution >= 0.6 is 0 Å². The molecule has 0 aliphatic heterocycles. The van der Waals surface area contributed by atoms with E-state index in [9.17, 15) is 0 Å². The molecule has 0 spiro atoms. The smallest absolute Gasteiger partial charge is 0.126 e. The van der Waals surface area contributed by atoms with Gasteiger partial charge in [0.25, 0.3) is 0 Å². The summed E-state index contributed by atoms with van der Waals surface area (Å²) in [5, 5.41) is 10.1. The summed E-state index contributed by atoms with van der Waals surface area (Å²) in [7, 11) is 2.97. The number of allylic oxidation sites excluding steroid dienone is 6. The van der Waals surface area contributed by atoms with Gasteiger partial charge in [0, 0.05) is 20.1 Å². The van der Waals surface area contributed by atoms with Crippen molar-refractivity contribution >= 4 is 0 Å². The summed E-state index contributed by atoms with van der Waals surface area (Å²) in [6.07, 6.45) is 11.7. The maximum atomic E-state index is 7.00. The van der Waals surface area contributed by atoms with Crippen molar-refractivity contribution in [1.29, 1.82) is 0 Å². The van der Waals surface area contributed by atoms with Crippen molar-refractivity contribution < 1.29 is 15.3 Å². The van der Waals surface area contributed by atoms with Gasteiger partial charge in [-0.05, 0) is 75.4 Å². The van der Waals surface area contributed by atoms with Gasteiger partial charge in [-0.3, -0.25) is 0 Å². The number of rotatable bonds is 11. The Labute approximate surface area is 243 Å². The highest BCUT2D eigenvalue weighted by atomic mass is 16.5. The van der Waals surface area contributed by atoms with Crippen molar-refractivity contribution in [3.8, 4) is 0 Å². The molecule has 0 fully saturated rings. The third-order valence-corrected chi connectivity index (χ3v) is 5.76. The van der Waals surface area contributed by atoms with Crippen LogP contribution in [0.2, 0.25) is 0 Å². The van der Waals surface area contributed by atoms with E-state index < -0.39 is 0 Å². The Morgan fingerprint density at radius 1 is 1.05 bits per heavy atom. The van der Waals surface area contributed by atoms with Crippen LogP contribution in [-0.4, -0.2) is 24.7 Å². The summed E-state index contributed by atoms with van der Waals surface area (Å²) in [6, 6.07) is 6.62. The molecule has 39 heavy (non-hydrogen) atoms. The molecule has 0 bridgehead atoms. The standard InChI is InChI=1S/C20H30O.C10H15N.2C2H6.CH4O.H2O/c1-7-10-11-15(4)16(5)13-19(9-3)21-20-14-18(8-2)12-17(20)6;1-8-4-9(2)6-10(5-8)7-11-3;3*1-2;/h9,12-13,15H,3,5,7-8,10-11,14H2,1-2,4,6H3;4-6,11H,7H2,1-3H3;2*1-2H3;2H,1H3;1H2/b19-13+;;;;;. The molecule has 0 radical (unpaired) electrons. The lowest BCUT2D eigenvalue weighted by molar-refractivity contribution is 0.309. The maximum absolute atomic E-state index is 7.00. The Morgan fingerprint density at radius 3 is 2.00 bits per heavy atom. The van der Waals surface area contributed by atoms with Gasteiger partial charge in [0.2, 0.25) is 0 Å². The van der Waals surface area contributed by atoms with Gasteiger partial charge in [-0.15, -0.1) is 0 Å². The van der Waals surface area contributed by atoms with E-state index in [-0.39, 0.29) is 5.48 Å². The van der Waals surface area contributed by atoms with Gasteiger partial charge in [0.1, 0.15) is 11.5 Å². The average molecular weight is 546 g/mol. The van der Waals surface area contributed by atoms with E-state index in [1.165, 1.54) is 47.1 Å². The molecule has 4 N–H and O–H groups in total. The molecule has 4 nitrogen and oxygen atoms in total. The number of nitrogens with one attached hydrogen (secondary N) is 1. The Balaban J connectivity index is -0.000000287. The van der Waals surface area contributed by atoms with Crippen LogP contribution in [0.5, 0.6) is 0 Å². The fraction of sp³-hybridized carbons (Fsp3) is 0.543. The first kappa shape index (κ1) is 43.6. The Morgan fingerprint density at radius 2 is 1.59 bits per heavy atom. The van der Waals surface area contributed by atoms with Crippen LogP contribution in [0.3, 0.4) is 0 Å². The molecule has 1 unspecified atom stereocenters. The molecule has 0 aromatic heterocycles. The van der Waals surface area contributed by atoms with E-state index in [2.05, 4.69) is 84.3 Å². The Bertz CT molecular complexity index is 842. The van der Waals surface area contributed by atoms with Crippen LogP contribution in [0.4, 0.5) is 0 Å². The summed E-state index contributed by atoms with van der Waals surface area (Å²) < 4.78 is 6.04.